The van der Waals surface area contributed by atoms with E-state index in [9.17, 15) is 4.39 Å². The number of guanidine groups is 1. The number of hydrogen-bond donors (Lipinski definition) is 2. The van der Waals surface area contributed by atoms with Crippen LogP contribution < -0.4 is 15.5 Å². The van der Waals surface area contributed by atoms with Gasteiger partial charge in [-0.1, -0.05) is 6.07 Å². The van der Waals surface area contributed by atoms with Gasteiger partial charge in [-0.2, -0.15) is 0 Å². The van der Waals surface area contributed by atoms with Crippen LogP contribution in [0.2, 0.25) is 0 Å². The molecule has 0 amide bonds. The van der Waals surface area contributed by atoms with Gasteiger partial charge in [0, 0.05) is 25.5 Å². The zero-order valence-corrected chi connectivity index (χ0v) is 15.5. The van der Waals surface area contributed by atoms with Gasteiger partial charge in [0.15, 0.2) is 5.96 Å². The van der Waals surface area contributed by atoms with E-state index in [0.717, 1.165) is 24.6 Å². The summed E-state index contributed by atoms with van der Waals surface area (Å²) in [6, 6.07) is 7.36. The highest BCUT2D eigenvalue weighted by Crippen LogP contribution is 2.18. The predicted octanol–water partition coefficient (Wildman–Crippen LogP) is 3.52. The van der Waals surface area contributed by atoms with Crippen molar-refractivity contribution in [1.29, 1.82) is 0 Å². The summed E-state index contributed by atoms with van der Waals surface area (Å²) in [4.78, 5) is 7.60. The molecule has 0 radical (unpaired) electrons. The first-order valence-electron chi connectivity index (χ1n) is 8.02. The molecular formula is C18H25FN4S. The van der Waals surface area contributed by atoms with Crippen LogP contribution in [-0.2, 0) is 13.1 Å². The SMILES string of the molecule is CCNC(=NCc1ccc(N(C)C)c(F)c1)NCc1sccc1C. The summed E-state index contributed by atoms with van der Waals surface area (Å²) in [7, 11) is 3.66. The summed E-state index contributed by atoms with van der Waals surface area (Å²) in [5, 5.41) is 8.64. The minimum Gasteiger partial charge on any atom is -0.375 e. The molecule has 24 heavy (non-hydrogen) atoms. The largest absolute Gasteiger partial charge is 0.375 e. The van der Waals surface area contributed by atoms with Crippen LogP contribution in [0.3, 0.4) is 0 Å². The van der Waals surface area contributed by atoms with Crippen molar-refractivity contribution >= 4 is 23.0 Å². The van der Waals surface area contributed by atoms with Crippen LogP contribution in [0.4, 0.5) is 10.1 Å². The molecule has 6 heteroatoms. The van der Waals surface area contributed by atoms with Crippen molar-refractivity contribution < 1.29 is 4.39 Å². The summed E-state index contributed by atoms with van der Waals surface area (Å²) in [5.74, 6) is 0.516. The number of nitrogens with zero attached hydrogens (tertiary/aromatic N) is 2. The number of benzene rings is 1. The van der Waals surface area contributed by atoms with Gasteiger partial charge in [0.05, 0.1) is 18.8 Å². The van der Waals surface area contributed by atoms with Gasteiger partial charge in [-0.3, -0.25) is 0 Å². The number of rotatable bonds is 6. The number of hydrogen-bond acceptors (Lipinski definition) is 3. The summed E-state index contributed by atoms with van der Waals surface area (Å²) < 4.78 is 14.0. The first-order valence-corrected chi connectivity index (χ1v) is 8.90. The Kier molecular flexibility index (Phi) is 6.61. The van der Waals surface area contributed by atoms with Crippen LogP contribution in [0.25, 0.3) is 0 Å². The average molecular weight is 348 g/mol. The second-order valence-corrected chi connectivity index (χ2v) is 6.76. The van der Waals surface area contributed by atoms with Crippen LogP contribution >= 0.6 is 11.3 Å². The highest BCUT2D eigenvalue weighted by molar-refractivity contribution is 7.10. The molecule has 2 N–H and O–H groups in total. The van der Waals surface area contributed by atoms with Crippen molar-refractivity contribution in [2.75, 3.05) is 25.5 Å². The van der Waals surface area contributed by atoms with Gasteiger partial charge < -0.3 is 15.5 Å². The van der Waals surface area contributed by atoms with Crippen molar-refractivity contribution in [3.05, 3.63) is 51.5 Å². The van der Waals surface area contributed by atoms with Crippen LogP contribution in [0.1, 0.15) is 22.9 Å². The summed E-state index contributed by atoms with van der Waals surface area (Å²) in [6.45, 7) is 6.08. The topological polar surface area (TPSA) is 39.7 Å². The lowest BCUT2D eigenvalue weighted by Gasteiger charge is -2.14. The Morgan fingerprint density at radius 3 is 2.62 bits per heavy atom. The first kappa shape index (κ1) is 18.3. The van der Waals surface area contributed by atoms with Crippen LogP contribution in [0, 0.1) is 12.7 Å². The molecule has 0 unspecified atom stereocenters. The van der Waals surface area contributed by atoms with Gasteiger partial charge in [0.1, 0.15) is 5.82 Å². The molecule has 2 aromatic rings. The zero-order valence-electron chi connectivity index (χ0n) is 14.7. The fourth-order valence-electron chi connectivity index (χ4n) is 2.27. The maximum absolute atomic E-state index is 14.0. The van der Waals surface area contributed by atoms with Gasteiger partial charge in [0.2, 0.25) is 0 Å². The number of aryl methyl sites for hydroxylation is 1. The van der Waals surface area contributed by atoms with Gasteiger partial charge in [-0.25, -0.2) is 9.38 Å². The smallest absolute Gasteiger partial charge is 0.191 e. The van der Waals surface area contributed by atoms with E-state index < -0.39 is 0 Å². The molecule has 4 nitrogen and oxygen atoms in total. The maximum atomic E-state index is 14.0. The van der Waals surface area contributed by atoms with E-state index in [1.807, 2.05) is 27.1 Å². The second-order valence-electron chi connectivity index (χ2n) is 5.76. The van der Waals surface area contributed by atoms with Crippen molar-refractivity contribution in [3.8, 4) is 0 Å². The number of aliphatic imine (C=N–C) groups is 1. The van der Waals surface area contributed by atoms with Crippen molar-refractivity contribution in [2.24, 2.45) is 4.99 Å². The molecule has 0 saturated carbocycles. The van der Waals surface area contributed by atoms with E-state index in [1.165, 1.54) is 10.4 Å². The van der Waals surface area contributed by atoms with Crippen LogP contribution in [0.5, 0.6) is 0 Å². The van der Waals surface area contributed by atoms with E-state index in [4.69, 9.17) is 0 Å². The van der Waals surface area contributed by atoms with Gasteiger partial charge in [-0.15, -0.1) is 11.3 Å². The Hall–Kier alpha value is -2.08. The Morgan fingerprint density at radius 1 is 1.25 bits per heavy atom. The quantitative estimate of drug-likeness (QED) is 0.620. The van der Waals surface area contributed by atoms with E-state index in [2.05, 4.69) is 34.0 Å². The minimum absolute atomic E-state index is 0.222. The molecule has 1 aromatic carbocycles. The minimum atomic E-state index is -0.222. The molecule has 1 heterocycles. The fourth-order valence-corrected chi connectivity index (χ4v) is 3.12. The molecule has 1 aromatic heterocycles. The molecule has 130 valence electrons. The normalized spacial score (nSPS) is 11.5. The summed E-state index contributed by atoms with van der Waals surface area (Å²) >= 11 is 1.73. The van der Waals surface area contributed by atoms with Crippen LogP contribution in [0.15, 0.2) is 34.6 Å². The van der Waals surface area contributed by atoms with E-state index in [0.29, 0.717) is 12.2 Å². The third-order valence-electron chi connectivity index (χ3n) is 3.64. The van der Waals surface area contributed by atoms with Gasteiger partial charge >= 0.3 is 0 Å². The Balaban J connectivity index is 2.02. The molecule has 0 bridgehead atoms. The first-order chi connectivity index (χ1) is 11.5. The fraction of sp³-hybridized carbons (Fsp3) is 0.389. The summed E-state index contributed by atoms with van der Waals surface area (Å²) in [5.41, 5.74) is 2.72. The molecule has 2 rings (SSSR count). The molecule has 0 atom stereocenters. The third-order valence-corrected chi connectivity index (χ3v) is 4.67. The average Bonchev–Trinajstić information content (AvgIpc) is 2.95. The van der Waals surface area contributed by atoms with E-state index >= 15 is 0 Å². The lowest BCUT2D eigenvalue weighted by molar-refractivity contribution is 0.624. The third kappa shape index (κ3) is 4.96. The molecule has 0 aliphatic carbocycles. The number of halogens is 1. The molecule has 0 aliphatic rings. The highest BCUT2D eigenvalue weighted by atomic mass is 32.1. The highest BCUT2D eigenvalue weighted by Gasteiger charge is 2.06. The van der Waals surface area contributed by atoms with Crippen molar-refractivity contribution in [3.63, 3.8) is 0 Å². The standard InChI is InChI=1S/C18H25FN4S/c1-5-20-18(22-12-17-13(2)8-9-24-17)21-11-14-6-7-16(23(3)4)15(19)10-14/h6-10H,5,11-12H2,1-4H3,(H2,20,21,22). The monoisotopic (exact) mass is 348 g/mol. The molecule has 0 spiro atoms. The second kappa shape index (κ2) is 8.68. The molecule has 0 aliphatic heterocycles. The van der Waals surface area contributed by atoms with E-state index in [-0.39, 0.29) is 5.82 Å². The Bertz CT molecular complexity index is 694. The predicted molar refractivity (Wildman–Crippen MR) is 101 cm³/mol. The maximum Gasteiger partial charge on any atom is 0.191 e. The number of anilines is 1. The Morgan fingerprint density at radius 2 is 2.04 bits per heavy atom. The summed E-state index contributed by atoms with van der Waals surface area (Å²) in [6.07, 6.45) is 0. The van der Waals surface area contributed by atoms with Crippen molar-refractivity contribution in [1.82, 2.24) is 10.6 Å². The zero-order chi connectivity index (χ0) is 17.5. The van der Waals surface area contributed by atoms with Gasteiger partial charge in [-0.05, 0) is 48.6 Å². The lowest BCUT2D eigenvalue weighted by atomic mass is 10.2. The van der Waals surface area contributed by atoms with E-state index in [1.54, 1.807) is 28.4 Å². The molecular weight excluding hydrogens is 323 g/mol. The Labute approximate surface area is 147 Å². The number of thiophene rings is 1. The van der Waals surface area contributed by atoms with Gasteiger partial charge in [0.25, 0.3) is 0 Å². The van der Waals surface area contributed by atoms with Crippen molar-refractivity contribution in [2.45, 2.75) is 26.9 Å². The molecule has 0 fully saturated rings. The van der Waals surface area contributed by atoms with Crippen LogP contribution in [-0.4, -0.2) is 26.6 Å². The lowest BCUT2D eigenvalue weighted by Crippen LogP contribution is -2.36. The molecule has 0 saturated heterocycles. The number of nitrogens with one attached hydrogen (secondary N) is 2.